The van der Waals surface area contributed by atoms with E-state index in [0.717, 1.165) is 17.1 Å². The van der Waals surface area contributed by atoms with Gasteiger partial charge in [0, 0.05) is 27.8 Å². The third kappa shape index (κ3) is 4.76. The lowest BCUT2D eigenvalue weighted by Gasteiger charge is -2.12. The van der Waals surface area contributed by atoms with Crippen molar-refractivity contribution < 1.29 is 0 Å². The summed E-state index contributed by atoms with van der Waals surface area (Å²) < 4.78 is 2.38. The van der Waals surface area contributed by atoms with E-state index in [9.17, 15) is 0 Å². The second-order valence-corrected chi connectivity index (χ2v) is 12.1. The molecule has 0 atom stereocenters. The Labute approximate surface area is 264 Å². The monoisotopic (exact) mass is 578 g/mol. The summed E-state index contributed by atoms with van der Waals surface area (Å²) in [6.45, 7) is 6.62. The molecule has 0 fully saturated rings. The number of hydrogen-bond acceptors (Lipinski definition) is 1. The Balaban J connectivity index is 1.22. The van der Waals surface area contributed by atoms with Gasteiger partial charge in [-0.15, -0.1) is 0 Å². The minimum Gasteiger partial charge on any atom is -0.356 e. The molecule has 45 heavy (non-hydrogen) atoms. The Morgan fingerprint density at radius 2 is 1.09 bits per heavy atom. The third-order valence-electron chi connectivity index (χ3n) is 9.02. The van der Waals surface area contributed by atoms with E-state index in [1.807, 2.05) is 0 Å². The predicted octanol–water partition coefficient (Wildman–Crippen LogP) is 11.9. The molecule has 0 radical (unpaired) electrons. The summed E-state index contributed by atoms with van der Waals surface area (Å²) in [5, 5.41) is 8.70. The molecule has 8 aromatic rings. The van der Waals surface area contributed by atoms with Crippen LogP contribution in [0.15, 0.2) is 146 Å². The summed E-state index contributed by atoms with van der Waals surface area (Å²) in [7, 11) is 0. The van der Waals surface area contributed by atoms with Crippen molar-refractivity contribution in [3.63, 3.8) is 0 Å². The van der Waals surface area contributed by atoms with Gasteiger partial charge in [-0.25, -0.2) is 0 Å². The highest BCUT2D eigenvalue weighted by Crippen LogP contribution is 2.38. The highest BCUT2D eigenvalue weighted by molar-refractivity contribution is 6.11. The van der Waals surface area contributed by atoms with Crippen LogP contribution in [-0.2, 0) is 0 Å². The van der Waals surface area contributed by atoms with Crippen molar-refractivity contribution in [2.75, 3.05) is 5.32 Å². The lowest BCUT2D eigenvalue weighted by atomic mass is 9.93. The highest BCUT2D eigenvalue weighted by atomic mass is 15.0. The molecule has 2 heteroatoms. The van der Waals surface area contributed by atoms with Gasteiger partial charge >= 0.3 is 0 Å². The molecule has 0 aliphatic carbocycles. The molecule has 8 rings (SSSR count). The smallest absolute Gasteiger partial charge is 0.0542 e. The van der Waals surface area contributed by atoms with Gasteiger partial charge in [0.05, 0.1) is 11.0 Å². The van der Waals surface area contributed by atoms with Crippen molar-refractivity contribution >= 4 is 44.0 Å². The maximum atomic E-state index is 3.69. The average molecular weight is 579 g/mol. The second kappa shape index (κ2) is 10.8. The minimum atomic E-state index is 1.07. The molecule has 0 bridgehead atoms. The van der Waals surface area contributed by atoms with E-state index in [1.165, 1.54) is 71.5 Å². The van der Waals surface area contributed by atoms with Crippen LogP contribution in [0.2, 0.25) is 0 Å². The summed E-state index contributed by atoms with van der Waals surface area (Å²) in [5.41, 5.74) is 14.7. The van der Waals surface area contributed by atoms with Crippen LogP contribution in [0.5, 0.6) is 0 Å². The van der Waals surface area contributed by atoms with Crippen molar-refractivity contribution in [2.45, 2.75) is 20.8 Å². The molecule has 0 saturated heterocycles. The van der Waals surface area contributed by atoms with E-state index in [2.05, 4.69) is 176 Å². The second-order valence-electron chi connectivity index (χ2n) is 12.1. The number of fused-ring (bicyclic) bond motifs is 4. The molecular weight excluding hydrogens is 544 g/mol. The van der Waals surface area contributed by atoms with Gasteiger partial charge in [-0.05, 0) is 120 Å². The van der Waals surface area contributed by atoms with E-state index >= 15 is 0 Å². The summed E-state index contributed by atoms with van der Waals surface area (Å²) in [6, 6.07) is 52.8. The zero-order chi connectivity index (χ0) is 30.5. The molecule has 0 spiro atoms. The maximum Gasteiger partial charge on any atom is 0.0542 e. The van der Waals surface area contributed by atoms with Crippen molar-refractivity contribution in [3.05, 3.63) is 162 Å². The topological polar surface area (TPSA) is 17.0 Å². The first-order valence-corrected chi connectivity index (χ1v) is 15.6. The Morgan fingerprint density at radius 1 is 0.467 bits per heavy atom. The van der Waals surface area contributed by atoms with Gasteiger partial charge < -0.3 is 9.88 Å². The van der Waals surface area contributed by atoms with E-state index < -0.39 is 0 Å². The number of aromatic nitrogens is 1. The number of para-hydroxylation sites is 1. The van der Waals surface area contributed by atoms with Crippen LogP contribution in [0.4, 0.5) is 11.4 Å². The average Bonchev–Trinajstić information content (AvgIpc) is 3.38. The normalized spacial score (nSPS) is 11.4. The lowest BCUT2D eigenvalue weighted by Crippen LogP contribution is -1.94. The SMILES string of the molecule is Cc1cc(C)c(-c2ccc3c(c2)c2cc(Nc4ccc(-c5cccc6ccccc56)cc4)ccc2n3-c2ccccc2)c(C)c1. The zero-order valence-corrected chi connectivity index (χ0v) is 25.8. The summed E-state index contributed by atoms with van der Waals surface area (Å²) in [6.07, 6.45) is 0. The maximum absolute atomic E-state index is 3.69. The summed E-state index contributed by atoms with van der Waals surface area (Å²) in [4.78, 5) is 0. The lowest BCUT2D eigenvalue weighted by molar-refractivity contribution is 1.18. The third-order valence-corrected chi connectivity index (χ3v) is 9.02. The van der Waals surface area contributed by atoms with Crippen LogP contribution in [0.1, 0.15) is 16.7 Å². The number of rotatable bonds is 5. The van der Waals surface area contributed by atoms with Crippen LogP contribution in [0.3, 0.4) is 0 Å². The molecule has 0 unspecified atom stereocenters. The van der Waals surface area contributed by atoms with E-state index in [0.29, 0.717) is 0 Å². The molecule has 7 aromatic carbocycles. The molecule has 0 aliphatic rings. The number of nitrogens with one attached hydrogen (secondary N) is 1. The molecule has 1 heterocycles. The van der Waals surface area contributed by atoms with Gasteiger partial charge in [-0.1, -0.05) is 96.6 Å². The zero-order valence-electron chi connectivity index (χ0n) is 25.8. The van der Waals surface area contributed by atoms with Gasteiger partial charge in [-0.2, -0.15) is 0 Å². The van der Waals surface area contributed by atoms with Crippen LogP contribution in [0, 0.1) is 20.8 Å². The Kier molecular flexibility index (Phi) is 6.50. The van der Waals surface area contributed by atoms with Gasteiger partial charge in [0.1, 0.15) is 0 Å². The van der Waals surface area contributed by atoms with E-state index in [-0.39, 0.29) is 0 Å². The van der Waals surface area contributed by atoms with Gasteiger partial charge in [0.15, 0.2) is 0 Å². The fourth-order valence-electron chi connectivity index (χ4n) is 7.12. The van der Waals surface area contributed by atoms with Crippen molar-refractivity contribution in [1.29, 1.82) is 0 Å². The van der Waals surface area contributed by atoms with E-state index in [4.69, 9.17) is 0 Å². The van der Waals surface area contributed by atoms with Crippen LogP contribution in [0.25, 0.3) is 60.5 Å². The number of benzene rings is 7. The van der Waals surface area contributed by atoms with Crippen molar-refractivity contribution in [2.24, 2.45) is 0 Å². The Morgan fingerprint density at radius 3 is 1.87 bits per heavy atom. The van der Waals surface area contributed by atoms with Crippen molar-refractivity contribution in [3.8, 4) is 27.9 Å². The largest absolute Gasteiger partial charge is 0.356 e. The van der Waals surface area contributed by atoms with Crippen LogP contribution < -0.4 is 5.32 Å². The van der Waals surface area contributed by atoms with Gasteiger partial charge in [0.25, 0.3) is 0 Å². The first kappa shape index (κ1) is 27.0. The van der Waals surface area contributed by atoms with Gasteiger partial charge in [0.2, 0.25) is 0 Å². The number of hydrogen-bond donors (Lipinski definition) is 1. The standard InChI is InChI=1S/C43H34N2/c1-28-24-29(2)43(30(3)25-28)33-18-22-41-39(26-33)40-27-35(21-23-42(40)45(41)36-12-5-4-6-13-36)44-34-19-16-32(17-20-34)38-15-9-11-31-10-7-8-14-37(31)38/h4-27,44H,1-3H3. The Bertz CT molecular complexity index is 2330. The Hall–Kier alpha value is -5.60. The first-order valence-electron chi connectivity index (χ1n) is 15.6. The molecule has 1 N–H and O–H groups in total. The fraction of sp³-hybridized carbons (Fsp3) is 0.0698. The molecule has 1 aromatic heterocycles. The molecular formula is C43H34N2. The number of aryl methyl sites for hydroxylation is 3. The summed E-state index contributed by atoms with van der Waals surface area (Å²) in [5.74, 6) is 0. The number of anilines is 2. The minimum absolute atomic E-state index is 1.07. The van der Waals surface area contributed by atoms with Crippen LogP contribution in [-0.4, -0.2) is 4.57 Å². The van der Waals surface area contributed by atoms with Gasteiger partial charge in [-0.3, -0.25) is 0 Å². The molecule has 216 valence electrons. The molecule has 0 amide bonds. The molecule has 0 saturated carbocycles. The first-order chi connectivity index (χ1) is 22.0. The fourth-order valence-corrected chi connectivity index (χ4v) is 7.12. The number of nitrogens with zero attached hydrogens (tertiary/aromatic N) is 1. The van der Waals surface area contributed by atoms with E-state index in [1.54, 1.807) is 0 Å². The van der Waals surface area contributed by atoms with Crippen LogP contribution >= 0.6 is 0 Å². The predicted molar refractivity (Wildman–Crippen MR) is 193 cm³/mol. The molecule has 0 aliphatic heterocycles. The van der Waals surface area contributed by atoms with Crippen molar-refractivity contribution in [1.82, 2.24) is 4.57 Å². The molecule has 2 nitrogen and oxygen atoms in total. The quantitative estimate of drug-likeness (QED) is 0.215. The highest BCUT2D eigenvalue weighted by Gasteiger charge is 2.16. The summed E-state index contributed by atoms with van der Waals surface area (Å²) >= 11 is 0.